The maximum atomic E-state index is 14.9. The van der Waals surface area contributed by atoms with Gasteiger partial charge in [0.25, 0.3) is 0 Å². The van der Waals surface area contributed by atoms with Gasteiger partial charge in [-0.1, -0.05) is 6.07 Å². The molecule has 0 unspecified atom stereocenters. The molecule has 0 aliphatic heterocycles. The summed E-state index contributed by atoms with van der Waals surface area (Å²) in [5.41, 5.74) is -1.79. The Balaban J connectivity index is 1.55. The summed E-state index contributed by atoms with van der Waals surface area (Å²) >= 11 is 0. The van der Waals surface area contributed by atoms with E-state index in [1.165, 1.54) is 37.6 Å². The second-order valence-electron chi connectivity index (χ2n) is 8.74. The largest absolute Gasteiger partial charge is 0.483 e. The number of rotatable bonds is 7. The van der Waals surface area contributed by atoms with Gasteiger partial charge in [0.2, 0.25) is 5.91 Å². The first kappa shape index (κ1) is 26.6. The summed E-state index contributed by atoms with van der Waals surface area (Å²) in [6.07, 6.45) is -3.56. The highest BCUT2D eigenvalue weighted by atomic mass is 19.4. The zero-order valence-electron chi connectivity index (χ0n) is 20.6. The van der Waals surface area contributed by atoms with Crippen molar-refractivity contribution in [3.8, 4) is 16.9 Å². The van der Waals surface area contributed by atoms with Crippen LogP contribution in [0.15, 0.2) is 65.7 Å². The molecule has 0 aliphatic rings. The summed E-state index contributed by atoms with van der Waals surface area (Å²) in [5, 5.41) is 8.69. The van der Waals surface area contributed by atoms with E-state index in [4.69, 9.17) is 4.74 Å². The minimum absolute atomic E-state index is 0.0455. The molecular formula is C26H19F5N6O3. The maximum absolute atomic E-state index is 14.9. The monoisotopic (exact) mass is 558 g/mol. The third-order valence-electron chi connectivity index (χ3n) is 6.06. The topological polar surface area (TPSA) is 107 Å². The van der Waals surface area contributed by atoms with Gasteiger partial charge in [0.15, 0.2) is 17.4 Å². The van der Waals surface area contributed by atoms with Crippen molar-refractivity contribution in [1.29, 1.82) is 0 Å². The zero-order chi connectivity index (χ0) is 28.6. The molecule has 0 spiro atoms. The number of halogens is 5. The lowest BCUT2D eigenvalue weighted by Gasteiger charge is -2.14. The van der Waals surface area contributed by atoms with Gasteiger partial charge in [0, 0.05) is 18.3 Å². The van der Waals surface area contributed by atoms with E-state index in [1.54, 1.807) is 0 Å². The average Bonchev–Trinajstić information content (AvgIpc) is 3.51. The van der Waals surface area contributed by atoms with Crippen molar-refractivity contribution in [3.63, 3.8) is 0 Å². The van der Waals surface area contributed by atoms with Crippen molar-refractivity contribution in [3.05, 3.63) is 94.4 Å². The number of carbonyl (C=O) groups is 1. The molecule has 0 saturated carbocycles. The first-order chi connectivity index (χ1) is 19.0. The first-order valence-electron chi connectivity index (χ1n) is 11.6. The van der Waals surface area contributed by atoms with Crippen molar-refractivity contribution in [2.75, 3.05) is 5.32 Å². The average molecular weight is 558 g/mol. The molecule has 2 aromatic heterocycles. The molecule has 3 aromatic carbocycles. The second kappa shape index (κ2) is 10.3. The third kappa shape index (κ3) is 5.28. The number of carbonyl (C=O) groups excluding carboxylic acids is 1. The SMILES string of the molecule is Cn1c(=O)n(CC(=O)Nc2ccc(F)cc2)c2cc(C(F)(F)F)cc(-c3ccc(OCc4ncn[nH]4)c(F)c3)c21. The lowest BCUT2D eigenvalue weighted by atomic mass is 10.00. The van der Waals surface area contributed by atoms with E-state index in [0.29, 0.717) is 5.82 Å². The summed E-state index contributed by atoms with van der Waals surface area (Å²) in [6, 6.07) is 10.0. The Morgan fingerprint density at radius 3 is 2.48 bits per heavy atom. The van der Waals surface area contributed by atoms with Gasteiger partial charge in [0.05, 0.1) is 16.6 Å². The Bertz CT molecular complexity index is 1760. The number of nitrogens with one attached hydrogen (secondary N) is 2. The summed E-state index contributed by atoms with van der Waals surface area (Å²) < 4.78 is 77.2. The van der Waals surface area contributed by atoms with Gasteiger partial charge in [-0.05, 0) is 54.1 Å². The van der Waals surface area contributed by atoms with E-state index in [2.05, 4.69) is 20.5 Å². The summed E-state index contributed by atoms with van der Waals surface area (Å²) in [4.78, 5) is 29.6. The molecule has 0 atom stereocenters. The lowest BCUT2D eigenvalue weighted by molar-refractivity contribution is -0.137. The number of alkyl halides is 3. The van der Waals surface area contributed by atoms with Gasteiger partial charge in [0.1, 0.15) is 25.3 Å². The number of aromatic nitrogens is 5. The lowest BCUT2D eigenvalue weighted by Crippen LogP contribution is -2.28. The minimum Gasteiger partial charge on any atom is -0.483 e. The Kier molecular flexibility index (Phi) is 6.83. The molecule has 5 aromatic rings. The molecule has 0 bridgehead atoms. The summed E-state index contributed by atoms with van der Waals surface area (Å²) in [7, 11) is 1.33. The molecule has 1 amide bonds. The molecule has 0 radical (unpaired) electrons. The highest BCUT2D eigenvalue weighted by Crippen LogP contribution is 2.38. The van der Waals surface area contributed by atoms with E-state index in [9.17, 15) is 31.5 Å². The second-order valence-corrected chi connectivity index (χ2v) is 8.74. The van der Waals surface area contributed by atoms with Crippen LogP contribution in [0.4, 0.5) is 27.6 Å². The number of H-pyrrole nitrogens is 1. The van der Waals surface area contributed by atoms with Crippen LogP contribution in [-0.2, 0) is 31.2 Å². The van der Waals surface area contributed by atoms with Crippen LogP contribution in [0.25, 0.3) is 22.2 Å². The molecule has 40 heavy (non-hydrogen) atoms. The van der Waals surface area contributed by atoms with Crippen LogP contribution in [-0.4, -0.2) is 30.2 Å². The summed E-state index contributed by atoms with van der Waals surface area (Å²) in [6.45, 7) is -0.752. The van der Waals surface area contributed by atoms with Gasteiger partial charge in [-0.25, -0.2) is 18.6 Å². The van der Waals surface area contributed by atoms with Crippen LogP contribution in [0.2, 0.25) is 0 Å². The number of amides is 1. The number of ether oxygens (including phenoxy) is 1. The Hall–Kier alpha value is -5.01. The highest BCUT2D eigenvalue weighted by Gasteiger charge is 2.33. The normalized spacial score (nSPS) is 11.7. The molecule has 2 N–H and O–H groups in total. The number of hydrogen-bond donors (Lipinski definition) is 2. The van der Waals surface area contributed by atoms with Crippen molar-refractivity contribution in [2.45, 2.75) is 19.3 Å². The molecule has 5 rings (SSSR count). The zero-order valence-corrected chi connectivity index (χ0v) is 20.6. The highest BCUT2D eigenvalue weighted by molar-refractivity contribution is 5.96. The number of aromatic amines is 1. The van der Waals surface area contributed by atoms with Crippen molar-refractivity contribution < 1.29 is 31.5 Å². The number of nitrogens with zero attached hydrogens (tertiary/aromatic N) is 4. The number of hydrogen-bond acceptors (Lipinski definition) is 5. The van der Waals surface area contributed by atoms with E-state index in [-0.39, 0.29) is 40.2 Å². The molecule has 0 aliphatic carbocycles. The molecular weight excluding hydrogens is 539 g/mol. The number of aryl methyl sites for hydroxylation is 1. The summed E-state index contributed by atoms with van der Waals surface area (Å²) in [5.74, 6) is -1.94. The molecule has 0 fully saturated rings. The molecule has 0 saturated heterocycles. The van der Waals surface area contributed by atoms with E-state index in [0.717, 1.165) is 39.5 Å². The van der Waals surface area contributed by atoms with Crippen LogP contribution in [0, 0.1) is 11.6 Å². The number of imidazole rings is 1. The molecule has 14 heteroatoms. The van der Waals surface area contributed by atoms with Crippen molar-refractivity contribution >= 4 is 22.6 Å². The third-order valence-corrected chi connectivity index (χ3v) is 6.06. The van der Waals surface area contributed by atoms with E-state index in [1.807, 2.05) is 0 Å². The Labute approximate surface area is 221 Å². The van der Waals surface area contributed by atoms with Gasteiger partial charge in [-0.15, -0.1) is 0 Å². The van der Waals surface area contributed by atoms with E-state index >= 15 is 0 Å². The van der Waals surface area contributed by atoms with Gasteiger partial charge >= 0.3 is 11.9 Å². The van der Waals surface area contributed by atoms with Crippen LogP contribution in [0.3, 0.4) is 0 Å². The van der Waals surface area contributed by atoms with Crippen LogP contribution < -0.4 is 15.7 Å². The molecule has 9 nitrogen and oxygen atoms in total. The van der Waals surface area contributed by atoms with Crippen LogP contribution >= 0.6 is 0 Å². The number of fused-ring (bicyclic) bond motifs is 1. The Morgan fingerprint density at radius 2 is 1.82 bits per heavy atom. The predicted octanol–water partition coefficient (Wildman–Crippen LogP) is 4.64. The standard InChI is InChI=1S/C26H19F5N6O3/c1-36-24-18(14-2-7-21(19(28)8-14)40-12-22-32-13-33-35-22)9-15(26(29,30)31)10-20(24)37(25(36)39)11-23(38)34-17-5-3-16(27)4-6-17/h2-10,13H,11-12H2,1H3,(H,34,38)(H,32,33,35). The van der Waals surface area contributed by atoms with Crippen LogP contribution in [0.5, 0.6) is 5.75 Å². The van der Waals surface area contributed by atoms with Gasteiger partial charge in [-0.3, -0.25) is 19.0 Å². The number of anilines is 1. The number of benzene rings is 3. The van der Waals surface area contributed by atoms with E-state index < -0.39 is 41.5 Å². The fourth-order valence-corrected chi connectivity index (χ4v) is 4.20. The minimum atomic E-state index is -4.81. The fourth-order valence-electron chi connectivity index (χ4n) is 4.20. The van der Waals surface area contributed by atoms with Crippen molar-refractivity contribution in [1.82, 2.24) is 24.3 Å². The molecule has 2 heterocycles. The maximum Gasteiger partial charge on any atom is 0.416 e. The molecule has 206 valence electrons. The smallest absolute Gasteiger partial charge is 0.416 e. The van der Waals surface area contributed by atoms with Gasteiger partial charge < -0.3 is 10.1 Å². The van der Waals surface area contributed by atoms with Crippen molar-refractivity contribution in [2.24, 2.45) is 7.05 Å². The van der Waals surface area contributed by atoms with Crippen LogP contribution in [0.1, 0.15) is 11.4 Å². The quantitative estimate of drug-likeness (QED) is 0.283. The van der Waals surface area contributed by atoms with Gasteiger partial charge in [-0.2, -0.15) is 18.3 Å². The first-order valence-corrected chi connectivity index (χ1v) is 11.6. The predicted molar refractivity (Wildman–Crippen MR) is 133 cm³/mol. The Morgan fingerprint density at radius 1 is 1.07 bits per heavy atom. The fraction of sp³-hybridized carbons (Fsp3) is 0.154.